The second-order valence-electron chi connectivity index (χ2n) is 9.23. The van der Waals surface area contributed by atoms with Crippen LogP contribution in [-0.2, 0) is 20.8 Å². The summed E-state index contributed by atoms with van der Waals surface area (Å²) in [6.07, 6.45) is 0.503. The quantitative estimate of drug-likeness (QED) is 0.547. The van der Waals surface area contributed by atoms with Gasteiger partial charge in [-0.05, 0) is 59.3 Å². The second kappa shape index (κ2) is 8.17. The van der Waals surface area contributed by atoms with Gasteiger partial charge >= 0.3 is 7.12 Å². The molecule has 166 valence electrons. The first-order valence-corrected chi connectivity index (χ1v) is 12.0. The Balaban J connectivity index is 1.52. The van der Waals surface area contributed by atoms with E-state index in [1.54, 1.807) is 18.2 Å². The van der Waals surface area contributed by atoms with Crippen LogP contribution in [0, 0.1) is 23.7 Å². The van der Waals surface area contributed by atoms with Crippen LogP contribution in [0.2, 0.25) is 0 Å². The number of benzene rings is 1. The van der Waals surface area contributed by atoms with Crippen LogP contribution in [0.4, 0.5) is 0 Å². The highest BCUT2D eigenvalue weighted by atomic mass is 32.1. The summed E-state index contributed by atoms with van der Waals surface area (Å²) in [4.78, 5) is 29.3. The Morgan fingerprint density at radius 2 is 2.00 bits per heavy atom. The van der Waals surface area contributed by atoms with Crippen LogP contribution in [0.5, 0.6) is 5.75 Å². The van der Waals surface area contributed by atoms with Crippen molar-refractivity contribution in [3.8, 4) is 5.75 Å². The first-order valence-electron chi connectivity index (χ1n) is 11.1. The normalized spacial score (nSPS) is 27.9. The number of fused-ring (bicyclic) bond motifs is 3. The van der Waals surface area contributed by atoms with E-state index in [0.717, 1.165) is 21.5 Å². The lowest BCUT2D eigenvalue weighted by Gasteiger charge is -2.43. The predicted molar refractivity (Wildman–Crippen MR) is 121 cm³/mol. The van der Waals surface area contributed by atoms with E-state index < -0.39 is 25.1 Å². The van der Waals surface area contributed by atoms with Crippen LogP contribution in [0.1, 0.15) is 43.2 Å². The number of carbonyl (C=O) groups excluding carboxylic acids is 2. The zero-order valence-electron chi connectivity index (χ0n) is 18.1. The van der Waals surface area contributed by atoms with Gasteiger partial charge in [-0.15, -0.1) is 11.3 Å². The van der Waals surface area contributed by atoms with Crippen molar-refractivity contribution in [2.24, 2.45) is 23.7 Å². The zero-order valence-corrected chi connectivity index (χ0v) is 18.9. The van der Waals surface area contributed by atoms with E-state index >= 15 is 0 Å². The van der Waals surface area contributed by atoms with E-state index in [4.69, 9.17) is 4.65 Å². The first kappa shape index (κ1) is 21.4. The van der Waals surface area contributed by atoms with Gasteiger partial charge in [-0.2, -0.15) is 0 Å². The van der Waals surface area contributed by atoms with E-state index in [0.29, 0.717) is 19.4 Å². The van der Waals surface area contributed by atoms with E-state index in [9.17, 15) is 19.7 Å². The van der Waals surface area contributed by atoms with Crippen molar-refractivity contribution in [3.05, 3.63) is 63.3 Å². The van der Waals surface area contributed by atoms with Crippen molar-refractivity contribution in [3.63, 3.8) is 0 Å². The highest BCUT2D eigenvalue weighted by Crippen LogP contribution is 2.52. The lowest BCUT2D eigenvalue weighted by atomic mass is 9.54. The van der Waals surface area contributed by atoms with Crippen LogP contribution in [0.3, 0.4) is 0 Å². The Bertz CT molecular complexity index is 1080. The molecule has 0 bridgehead atoms. The number of thiophene rings is 1. The molecule has 0 radical (unpaired) electrons. The molecule has 1 aromatic heterocycles. The molecule has 0 unspecified atom stereocenters. The number of allylic oxidation sites excluding steroid dienone is 2. The van der Waals surface area contributed by atoms with Gasteiger partial charge in [0.25, 0.3) is 0 Å². The third kappa shape index (κ3) is 3.50. The van der Waals surface area contributed by atoms with E-state index in [1.165, 1.54) is 16.2 Å². The van der Waals surface area contributed by atoms with Gasteiger partial charge in [0.2, 0.25) is 11.8 Å². The van der Waals surface area contributed by atoms with Crippen molar-refractivity contribution in [1.82, 2.24) is 4.90 Å². The van der Waals surface area contributed by atoms with Gasteiger partial charge in [0, 0.05) is 4.88 Å². The van der Waals surface area contributed by atoms with Crippen LogP contribution in [0.25, 0.3) is 0 Å². The van der Waals surface area contributed by atoms with Gasteiger partial charge in [-0.1, -0.05) is 37.6 Å². The minimum atomic E-state index is -1.13. The number of aromatic hydroxyl groups is 1. The molecule has 2 fully saturated rings. The summed E-state index contributed by atoms with van der Waals surface area (Å²) in [5.41, 5.74) is 2.55. The summed E-state index contributed by atoms with van der Waals surface area (Å²) in [5.74, 6) is -1.16. The standard InChI is InChI=1S/C24H26BNO5S/c1-13(2)17-10-19-21(24(29)26(23(19)28)12-16-7-4-8-32-16)18-11-20(31-25(30)22(17)18)14-5-3-6-15(27)9-14/h3-9,13,18-21,27,30H,10-12H2,1-2H3/t18-,19-,20-,21+/m0/s1. The van der Waals surface area contributed by atoms with Gasteiger partial charge in [-0.3, -0.25) is 14.5 Å². The topological polar surface area (TPSA) is 87.1 Å². The molecule has 2 saturated heterocycles. The molecular weight excluding hydrogens is 425 g/mol. The molecule has 2 amide bonds. The fraction of sp³-hybridized carbons (Fsp3) is 0.417. The fourth-order valence-corrected chi connectivity index (χ4v) is 6.31. The van der Waals surface area contributed by atoms with E-state index in [-0.39, 0.29) is 29.4 Å². The fourth-order valence-electron chi connectivity index (χ4n) is 5.62. The summed E-state index contributed by atoms with van der Waals surface area (Å²) in [7, 11) is -1.13. The predicted octanol–water partition coefficient (Wildman–Crippen LogP) is 3.71. The molecular formula is C24H26BNO5S. The summed E-state index contributed by atoms with van der Waals surface area (Å²) in [6, 6.07) is 10.7. The lowest BCUT2D eigenvalue weighted by Crippen LogP contribution is -2.45. The number of nitrogens with zero attached hydrogens (tertiary/aromatic N) is 1. The molecule has 0 spiro atoms. The van der Waals surface area contributed by atoms with Crippen molar-refractivity contribution in [1.29, 1.82) is 0 Å². The molecule has 2 aromatic rings. The molecule has 0 saturated carbocycles. The number of imide groups is 1. The maximum atomic E-state index is 13.5. The highest BCUT2D eigenvalue weighted by molar-refractivity contribution is 7.09. The zero-order chi connectivity index (χ0) is 22.6. The van der Waals surface area contributed by atoms with Gasteiger partial charge < -0.3 is 14.8 Å². The third-order valence-corrected chi connectivity index (χ3v) is 7.93. The Morgan fingerprint density at radius 1 is 1.19 bits per heavy atom. The third-order valence-electron chi connectivity index (χ3n) is 7.07. The monoisotopic (exact) mass is 451 g/mol. The Hall–Kier alpha value is -2.42. The van der Waals surface area contributed by atoms with Crippen LogP contribution in [0.15, 0.2) is 52.8 Å². The second-order valence-corrected chi connectivity index (χ2v) is 10.3. The van der Waals surface area contributed by atoms with Gasteiger partial charge in [-0.25, -0.2) is 0 Å². The lowest BCUT2D eigenvalue weighted by molar-refractivity contribution is -0.140. The molecule has 4 atom stereocenters. The molecule has 2 N–H and O–H groups in total. The van der Waals surface area contributed by atoms with Gasteiger partial charge in [0.1, 0.15) is 5.75 Å². The van der Waals surface area contributed by atoms with Crippen LogP contribution >= 0.6 is 11.3 Å². The number of hydrogen-bond donors (Lipinski definition) is 2. The summed E-state index contributed by atoms with van der Waals surface area (Å²) >= 11 is 1.53. The molecule has 2 aliphatic heterocycles. The maximum absolute atomic E-state index is 13.5. The molecule has 32 heavy (non-hydrogen) atoms. The molecule has 8 heteroatoms. The smallest absolute Gasteiger partial charge is 0.487 e. The maximum Gasteiger partial charge on any atom is 0.487 e. The molecule has 3 heterocycles. The van der Waals surface area contributed by atoms with Gasteiger partial charge in [0.15, 0.2) is 0 Å². The molecule has 5 rings (SSSR count). The number of phenolic OH excluding ortho intramolecular Hbond substituents is 1. The Morgan fingerprint density at radius 3 is 2.69 bits per heavy atom. The largest absolute Gasteiger partial charge is 0.508 e. The highest BCUT2D eigenvalue weighted by Gasteiger charge is 2.58. The molecule has 6 nitrogen and oxygen atoms in total. The van der Waals surface area contributed by atoms with Crippen molar-refractivity contribution in [2.75, 3.05) is 0 Å². The number of rotatable bonds is 4. The van der Waals surface area contributed by atoms with Crippen molar-refractivity contribution < 1.29 is 24.4 Å². The molecule has 1 aromatic carbocycles. The van der Waals surface area contributed by atoms with Crippen molar-refractivity contribution in [2.45, 2.75) is 39.3 Å². The molecule has 3 aliphatic rings. The number of phenols is 1. The first-order chi connectivity index (χ1) is 15.3. The molecule has 1 aliphatic carbocycles. The Labute approximate surface area is 191 Å². The average molecular weight is 451 g/mol. The summed E-state index contributed by atoms with van der Waals surface area (Å²) in [5, 5.41) is 22.9. The van der Waals surface area contributed by atoms with Gasteiger partial charge in [0.05, 0.1) is 24.5 Å². The number of hydrogen-bond acceptors (Lipinski definition) is 6. The number of amides is 2. The summed E-state index contributed by atoms with van der Waals surface area (Å²) < 4.78 is 5.98. The number of likely N-dealkylation sites (tertiary alicyclic amines) is 1. The minimum Gasteiger partial charge on any atom is -0.508 e. The van der Waals surface area contributed by atoms with Crippen LogP contribution < -0.4 is 0 Å². The minimum absolute atomic E-state index is 0.111. The van der Waals surface area contributed by atoms with Crippen LogP contribution in [-0.4, -0.2) is 34.0 Å². The number of carbonyl (C=O) groups is 2. The Kier molecular flexibility index (Phi) is 5.47. The average Bonchev–Trinajstić information content (AvgIpc) is 3.36. The van der Waals surface area contributed by atoms with Crippen molar-refractivity contribution >= 4 is 30.3 Å². The summed E-state index contributed by atoms with van der Waals surface area (Å²) in [6.45, 7) is 4.41. The van der Waals surface area contributed by atoms with E-state index in [1.807, 2.05) is 23.6 Å². The SMILES string of the molecule is CC(C)C1=C2B(O)O[C@H](c3cccc(O)c3)C[C@H]2[C@H]2C(=O)N(Cc3cccs3)C(=O)[C@H]2C1. The van der Waals surface area contributed by atoms with E-state index in [2.05, 4.69) is 13.8 Å².